The number of benzene rings is 4. The summed E-state index contributed by atoms with van der Waals surface area (Å²) in [6.07, 6.45) is 13.2. The van der Waals surface area contributed by atoms with Crippen molar-refractivity contribution in [2.45, 2.75) is 19.3 Å². The summed E-state index contributed by atoms with van der Waals surface area (Å²) in [5.41, 5.74) is 10.4. The minimum Gasteiger partial charge on any atom is -0.260 e. The smallest absolute Gasteiger partial charge is 0.164 e. The van der Waals surface area contributed by atoms with Gasteiger partial charge in [-0.1, -0.05) is 109 Å². The van der Waals surface area contributed by atoms with Gasteiger partial charge >= 0.3 is 0 Å². The fraction of sp³-hybridized carbons (Fsp3) is 0.0769. The molecule has 2 aliphatic carbocycles. The molecule has 43 heavy (non-hydrogen) atoms. The summed E-state index contributed by atoms with van der Waals surface area (Å²) in [6, 6.07) is 36.1. The maximum Gasteiger partial charge on any atom is 0.164 e. The van der Waals surface area contributed by atoms with Crippen molar-refractivity contribution >= 4 is 34.1 Å². The number of hydrogen-bond donors (Lipinski definition) is 0. The quantitative estimate of drug-likeness (QED) is 0.219. The van der Waals surface area contributed by atoms with E-state index >= 15 is 0 Å². The topological polar surface area (TPSA) is 51.6 Å². The van der Waals surface area contributed by atoms with Crippen molar-refractivity contribution in [3.05, 3.63) is 155 Å². The Labute approximate surface area is 250 Å². The van der Waals surface area contributed by atoms with Gasteiger partial charge in [-0.05, 0) is 75.2 Å². The van der Waals surface area contributed by atoms with Gasteiger partial charge in [0.05, 0.1) is 5.69 Å². The second kappa shape index (κ2) is 10.7. The second-order valence-corrected chi connectivity index (χ2v) is 11.1. The highest BCUT2D eigenvalue weighted by Gasteiger charge is 2.18. The Bertz CT molecular complexity index is 2100. The molecular formula is C39H28N4. The van der Waals surface area contributed by atoms with Crippen LogP contribution in [0.25, 0.3) is 56.8 Å². The van der Waals surface area contributed by atoms with E-state index < -0.39 is 0 Å². The van der Waals surface area contributed by atoms with E-state index in [-0.39, 0.29) is 0 Å². The largest absolute Gasteiger partial charge is 0.260 e. The summed E-state index contributed by atoms with van der Waals surface area (Å²) in [5.74, 6) is 2.11. The van der Waals surface area contributed by atoms with Gasteiger partial charge in [-0.25, -0.2) is 15.0 Å². The van der Waals surface area contributed by atoms with Gasteiger partial charge in [-0.15, -0.1) is 0 Å². The first-order chi connectivity index (χ1) is 21.3. The van der Waals surface area contributed by atoms with Gasteiger partial charge < -0.3 is 0 Å². The number of aryl methyl sites for hydroxylation is 1. The predicted molar refractivity (Wildman–Crippen MR) is 176 cm³/mol. The Morgan fingerprint density at radius 3 is 2.16 bits per heavy atom. The summed E-state index contributed by atoms with van der Waals surface area (Å²) < 4.78 is 0. The molecule has 204 valence electrons. The maximum atomic E-state index is 5.05. The van der Waals surface area contributed by atoms with E-state index in [4.69, 9.17) is 15.0 Å². The molecule has 4 nitrogen and oxygen atoms in total. The van der Waals surface area contributed by atoms with Crippen molar-refractivity contribution in [3.63, 3.8) is 0 Å². The number of allylic oxidation sites excluding steroid dienone is 4. The van der Waals surface area contributed by atoms with Gasteiger partial charge in [0.15, 0.2) is 17.5 Å². The number of aromatic nitrogens is 4. The molecule has 0 N–H and O–H groups in total. The van der Waals surface area contributed by atoms with Crippen LogP contribution in [0.3, 0.4) is 0 Å². The van der Waals surface area contributed by atoms with Gasteiger partial charge in [0, 0.05) is 23.7 Å². The lowest BCUT2D eigenvalue weighted by molar-refractivity contribution is 0.956. The Morgan fingerprint density at radius 1 is 0.535 bits per heavy atom. The van der Waals surface area contributed by atoms with Crippen LogP contribution >= 0.6 is 0 Å². The van der Waals surface area contributed by atoms with Crippen LogP contribution in [0, 0.1) is 0 Å². The molecule has 0 saturated heterocycles. The number of rotatable bonds is 4. The van der Waals surface area contributed by atoms with Crippen molar-refractivity contribution in [2.24, 2.45) is 0 Å². The summed E-state index contributed by atoms with van der Waals surface area (Å²) in [5, 5.41) is 2.36. The third-order valence-electron chi connectivity index (χ3n) is 8.35. The second-order valence-electron chi connectivity index (χ2n) is 11.1. The van der Waals surface area contributed by atoms with Crippen molar-refractivity contribution in [3.8, 4) is 22.8 Å². The first-order valence-electron chi connectivity index (χ1n) is 14.7. The van der Waals surface area contributed by atoms with E-state index in [0.29, 0.717) is 11.6 Å². The first kappa shape index (κ1) is 25.2. The lowest BCUT2D eigenvalue weighted by Crippen LogP contribution is -2.06. The van der Waals surface area contributed by atoms with E-state index in [1.165, 1.54) is 38.6 Å². The van der Waals surface area contributed by atoms with Gasteiger partial charge in [0.25, 0.3) is 0 Å². The minimum absolute atomic E-state index is 0.682. The van der Waals surface area contributed by atoms with Crippen LogP contribution in [-0.4, -0.2) is 19.9 Å². The summed E-state index contributed by atoms with van der Waals surface area (Å²) in [4.78, 5) is 19.7. The summed E-state index contributed by atoms with van der Waals surface area (Å²) in [6.45, 7) is 0. The maximum absolute atomic E-state index is 5.05. The highest BCUT2D eigenvalue weighted by molar-refractivity contribution is 5.87. The molecule has 2 aromatic heterocycles. The molecule has 0 fully saturated rings. The molecule has 2 heterocycles. The van der Waals surface area contributed by atoms with E-state index in [9.17, 15) is 0 Å². The number of fused-ring (bicyclic) bond motifs is 3. The van der Waals surface area contributed by atoms with E-state index in [2.05, 4.69) is 126 Å². The monoisotopic (exact) mass is 552 g/mol. The molecule has 0 atom stereocenters. The molecule has 4 aromatic carbocycles. The first-order valence-corrected chi connectivity index (χ1v) is 14.7. The highest BCUT2D eigenvalue weighted by Crippen LogP contribution is 2.32. The third kappa shape index (κ3) is 4.98. The fourth-order valence-corrected chi connectivity index (χ4v) is 6.00. The number of nitrogens with zero attached hydrogens (tertiary/aromatic N) is 4. The number of hydrogen-bond acceptors (Lipinski definition) is 4. The Morgan fingerprint density at radius 2 is 1.26 bits per heavy atom. The Hall–Kier alpha value is -5.48. The Kier molecular flexibility index (Phi) is 6.30. The van der Waals surface area contributed by atoms with E-state index in [1.807, 2.05) is 12.3 Å². The van der Waals surface area contributed by atoms with Crippen LogP contribution < -0.4 is 0 Å². The standard InChI is InChI=1S/C39H28N4/c1-3-9-31-23-34(20-16-26(31)7-1)38-41-37(42-39(43-38)35-21-17-27-8-2-4-10-32(27)24-35)30-18-14-28(15-19-30)33-12-5-11-29-13-6-22-40-36(29)25-33/h1-16,18-20,22-24H,17,21,25H2. The van der Waals surface area contributed by atoms with Crippen LogP contribution in [0.15, 0.2) is 121 Å². The molecule has 0 amide bonds. The normalized spacial score (nSPS) is 14.0. The third-order valence-corrected chi connectivity index (χ3v) is 8.35. The zero-order valence-corrected chi connectivity index (χ0v) is 23.6. The molecule has 0 radical (unpaired) electrons. The highest BCUT2D eigenvalue weighted by atomic mass is 15.0. The van der Waals surface area contributed by atoms with Crippen LogP contribution in [-0.2, 0) is 12.8 Å². The molecule has 8 rings (SSSR count). The summed E-state index contributed by atoms with van der Waals surface area (Å²) in [7, 11) is 0. The molecule has 2 aliphatic rings. The average Bonchev–Trinajstić information content (AvgIpc) is 3.30. The van der Waals surface area contributed by atoms with Crippen molar-refractivity contribution in [1.82, 2.24) is 19.9 Å². The van der Waals surface area contributed by atoms with Crippen molar-refractivity contribution in [1.29, 1.82) is 0 Å². The fourth-order valence-electron chi connectivity index (χ4n) is 6.00. The van der Waals surface area contributed by atoms with Gasteiger partial charge in [0.2, 0.25) is 0 Å². The van der Waals surface area contributed by atoms with E-state index in [0.717, 1.165) is 47.5 Å². The molecule has 4 heteroatoms. The lowest BCUT2D eigenvalue weighted by Gasteiger charge is -2.17. The minimum atomic E-state index is 0.682. The van der Waals surface area contributed by atoms with Crippen LogP contribution in [0.1, 0.15) is 40.2 Å². The average molecular weight is 553 g/mol. The Balaban J connectivity index is 1.20. The van der Waals surface area contributed by atoms with Gasteiger partial charge in [-0.3, -0.25) is 4.98 Å². The predicted octanol–water partition coefficient (Wildman–Crippen LogP) is 8.89. The van der Waals surface area contributed by atoms with Crippen LogP contribution in [0.4, 0.5) is 0 Å². The lowest BCUT2D eigenvalue weighted by atomic mass is 9.92. The van der Waals surface area contributed by atoms with Gasteiger partial charge in [-0.2, -0.15) is 0 Å². The van der Waals surface area contributed by atoms with Crippen LogP contribution in [0.5, 0.6) is 0 Å². The molecule has 0 unspecified atom stereocenters. The molecular weight excluding hydrogens is 524 g/mol. The molecule has 0 bridgehead atoms. The molecule has 0 aliphatic heterocycles. The molecule has 0 saturated carbocycles. The van der Waals surface area contributed by atoms with Crippen LogP contribution in [0.2, 0.25) is 0 Å². The SMILES string of the molecule is C1=Cc2cccnc2CC(c2ccc(-c3nc(C4=Cc5ccccc5CC4)nc(-c4ccc5ccccc5c4)n3)cc2)=C1. The van der Waals surface area contributed by atoms with Crippen molar-refractivity contribution in [2.75, 3.05) is 0 Å². The molecule has 0 spiro atoms. The number of pyridine rings is 1. The zero-order valence-electron chi connectivity index (χ0n) is 23.6. The summed E-state index contributed by atoms with van der Waals surface area (Å²) >= 11 is 0. The van der Waals surface area contributed by atoms with Crippen molar-refractivity contribution < 1.29 is 0 Å². The molecule has 6 aromatic rings. The van der Waals surface area contributed by atoms with E-state index in [1.54, 1.807) is 0 Å². The zero-order chi connectivity index (χ0) is 28.6. The van der Waals surface area contributed by atoms with Gasteiger partial charge in [0.1, 0.15) is 0 Å².